The molecule has 0 aliphatic carbocycles. The Bertz CT molecular complexity index is 489. The molecule has 0 bridgehead atoms. The molecular weight excluding hydrogens is 337 g/mol. The molecule has 3 N–H and O–H groups in total. The predicted octanol–water partition coefficient (Wildman–Crippen LogP) is 0.943. The first-order valence-electron chi connectivity index (χ1n) is 7.69. The van der Waals surface area contributed by atoms with Crippen molar-refractivity contribution < 1.29 is 9.90 Å². The number of hydrogen-bond acceptors (Lipinski definition) is 4. The Morgan fingerprint density at radius 2 is 2.04 bits per heavy atom. The van der Waals surface area contributed by atoms with Gasteiger partial charge in [-0.15, -0.1) is 24.8 Å². The first kappa shape index (κ1) is 20.2. The summed E-state index contributed by atoms with van der Waals surface area (Å²) >= 11 is 0. The molecule has 7 heteroatoms. The Morgan fingerprint density at radius 3 is 2.70 bits per heavy atom. The molecule has 3 atom stereocenters. The molecule has 0 saturated carbocycles. The first-order chi connectivity index (χ1) is 10.2. The fourth-order valence-electron chi connectivity index (χ4n) is 3.15. The van der Waals surface area contributed by atoms with Crippen LogP contribution in [0.1, 0.15) is 18.4 Å². The summed E-state index contributed by atoms with van der Waals surface area (Å²) in [6.45, 7) is 3.37. The van der Waals surface area contributed by atoms with E-state index in [1.807, 2.05) is 6.07 Å². The number of nitrogens with zero attached hydrogens (tertiary/aromatic N) is 1. The van der Waals surface area contributed by atoms with Gasteiger partial charge in [0.05, 0.1) is 12.1 Å². The van der Waals surface area contributed by atoms with E-state index >= 15 is 0 Å². The summed E-state index contributed by atoms with van der Waals surface area (Å²) in [5, 5.41) is 15.6. The molecule has 130 valence electrons. The Balaban J connectivity index is 0.00000132. The molecular formula is C16H25Cl2N3O2. The zero-order valence-electron chi connectivity index (χ0n) is 13.0. The highest BCUT2D eigenvalue weighted by Crippen LogP contribution is 2.14. The van der Waals surface area contributed by atoms with Crippen LogP contribution in [0.2, 0.25) is 0 Å². The lowest BCUT2D eigenvalue weighted by molar-refractivity contribution is -0.123. The van der Waals surface area contributed by atoms with Crippen LogP contribution in [0.3, 0.4) is 0 Å². The zero-order valence-corrected chi connectivity index (χ0v) is 14.6. The maximum Gasteiger partial charge on any atom is 0.237 e. The smallest absolute Gasteiger partial charge is 0.237 e. The summed E-state index contributed by atoms with van der Waals surface area (Å²) in [6.07, 6.45) is 1.12. The number of aliphatic hydroxyl groups is 1. The molecule has 3 unspecified atom stereocenters. The number of hydrogen-bond donors (Lipinski definition) is 3. The van der Waals surface area contributed by atoms with Gasteiger partial charge in [-0.3, -0.25) is 9.69 Å². The number of halogens is 2. The highest BCUT2D eigenvalue weighted by Gasteiger charge is 2.31. The fourth-order valence-corrected chi connectivity index (χ4v) is 3.15. The highest BCUT2D eigenvalue weighted by molar-refractivity contribution is 5.85. The van der Waals surface area contributed by atoms with Gasteiger partial charge < -0.3 is 15.7 Å². The van der Waals surface area contributed by atoms with E-state index in [-0.39, 0.29) is 48.9 Å². The third-order valence-corrected chi connectivity index (χ3v) is 4.29. The van der Waals surface area contributed by atoms with Gasteiger partial charge in [0.15, 0.2) is 0 Å². The largest absolute Gasteiger partial charge is 0.392 e. The van der Waals surface area contributed by atoms with Crippen LogP contribution in [-0.4, -0.2) is 53.7 Å². The second kappa shape index (κ2) is 9.45. The minimum absolute atomic E-state index is 0. The molecule has 0 aromatic heterocycles. The van der Waals surface area contributed by atoms with Crippen molar-refractivity contribution in [2.24, 2.45) is 0 Å². The Kier molecular flexibility index (Phi) is 8.29. The summed E-state index contributed by atoms with van der Waals surface area (Å²) in [5.74, 6) is 0.0260. The van der Waals surface area contributed by atoms with E-state index in [4.69, 9.17) is 0 Å². The van der Waals surface area contributed by atoms with Crippen molar-refractivity contribution in [1.29, 1.82) is 0 Å². The Labute approximate surface area is 149 Å². The molecule has 0 radical (unpaired) electrons. The van der Waals surface area contributed by atoms with E-state index in [0.29, 0.717) is 13.0 Å². The van der Waals surface area contributed by atoms with Gasteiger partial charge in [-0.05, 0) is 18.4 Å². The van der Waals surface area contributed by atoms with Crippen LogP contribution in [0.5, 0.6) is 0 Å². The fraction of sp³-hybridized carbons (Fsp3) is 0.562. The van der Waals surface area contributed by atoms with Crippen molar-refractivity contribution in [1.82, 2.24) is 15.5 Å². The van der Waals surface area contributed by atoms with E-state index in [2.05, 4.69) is 39.8 Å². The number of benzene rings is 1. The number of amides is 1. The van der Waals surface area contributed by atoms with Gasteiger partial charge in [-0.1, -0.05) is 30.3 Å². The molecule has 0 spiro atoms. The van der Waals surface area contributed by atoms with E-state index in [1.54, 1.807) is 0 Å². The number of β-amino-alcohol motifs (C(OH)–C–C–N with tert-alkyl or cyclic N) is 1. The summed E-state index contributed by atoms with van der Waals surface area (Å²) < 4.78 is 0. The zero-order chi connectivity index (χ0) is 14.7. The molecule has 3 rings (SSSR count). The van der Waals surface area contributed by atoms with Crippen LogP contribution < -0.4 is 10.6 Å². The molecule has 23 heavy (non-hydrogen) atoms. The average molecular weight is 362 g/mol. The van der Waals surface area contributed by atoms with Gasteiger partial charge in [0.25, 0.3) is 0 Å². The molecule has 2 saturated heterocycles. The first-order valence-corrected chi connectivity index (χ1v) is 7.69. The quantitative estimate of drug-likeness (QED) is 0.746. The second-order valence-corrected chi connectivity index (χ2v) is 6.07. The number of aliphatic hydroxyl groups excluding tert-OH is 1. The van der Waals surface area contributed by atoms with Crippen molar-refractivity contribution in [2.75, 3.05) is 19.6 Å². The second-order valence-electron chi connectivity index (χ2n) is 6.07. The monoisotopic (exact) mass is 361 g/mol. The summed E-state index contributed by atoms with van der Waals surface area (Å²) in [6, 6.07) is 10.4. The average Bonchev–Trinajstić information content (AvgIpc) is 3.09. The van der Waals surface area contributed by atoms with Gasteiger partial charge in [0.1, 0.15) is 0 Å². The lowest BCUT2D eigenvalue weighted by Gasteiger charge is -2.18. The van der Waals surface area contributed by atoms with Gasteiger partial charge in [0.2, 0.25) is 5.91 Å². The van der Waals surface area contributed by atoms with Crippen molar-refractivity contribution in [2.45, 2.75) is 37.6 Å². The number of carbonyl (C=O) groups excluding carboxylic acids is 1. The normalized spacial score (nSPS) is 27.1. The number of carbonyl (C=O) groups is 1. The lowest BCUT2D eigenvalue weighted by atomic mass is 10.1. The van der Waals surface area contributed by atoms with E-state index < -0.39 is 0 Å². The SMILES string of the molecule is Cl.Cl.O=C(NC1CCN(Cc2ccccc2)C1)C1CC(O)CN1. The Hall–Kier alpha value is -0.850. The van der Waals surface area contributed by atoms with E-state index in [9.17, 15) is 9.90 Å². The van der Waals surface area contributed by atoms with Crippen LogP contribution in [0.15, 0.2) is 30.3 Å². The number of rotatable bonds is 4. The van der Waals surface area contributed by atoms with Gasteiger partial charge in [-0.25, -0.2) is 0 Å². The molecule has 2 aliphatic heterocycles. The van der Waals surface area contributed by atoms with Gasteiger partial charge in [0, 0.05) is 32.2 Å². The topological polar surface area (TPSA) is 64.6 Å². The standard InChI is InChI=1S/C16H23N3O2.2ClH/c20-14-8-15(17-9-14)16(21)18-13-6-7-19(11-13)10-12-4-2-1-3-5-12;;/h1-5,13-15,17,20H,6-11H2,(H,18,21);2*1H. The minimum Gasteiger partial charge on any atom is -0.392 e. The third-order valence-electron chi connectivity index (χ3n) is 4.29. The third kappa shape index (κ3) is 5.62. The van der Waals surface area contributed by atoms with E-state index in [0.717, 1.165) is 26.1 Å². The highest BCUT2D eigenvalue weighted by atomic mass is 35.5. The molecule has 1 aromatic rings. The molecule has 2 aliphatic rings. The van der Waals surface area contributed by atoms with Gasteiger partial charge >= 0.3 is 0 Å². The van der Waals surface area contributed by atoms with Crippen LogP contribution in [0.4, 0.5) is 0 Å². The number of nitrogens with one attached hydrogen (secondary N) is 2. The van der Waals surface area contributed by atoms with Crippen molar-refractivity contribution in [3.05, 3.63) is 35.9 Å². The minimum atomic E-state index is -0.390. The van der Waals surface area contributed by atoms with Crippen molar-refractivity contribution >= 4 is 30.7 Å². The molecule has 1 amide bonds. The van der Waals surface area contributed by atoms with Gasteiger partial charge in [-0.2, -0.15) is 0 Å². The van der Waals surface area contributed by atoms with Crippen LogP contribution in [0, 0.1) is 0 Å². The van der Waals surface area contributed by atoms with E-state index in [1.165, 1.54) is 5.56 Å². The summed E-state index contributed by atoms with van der Waals surface area (Å²) in [4.78, 5) is 14.5. The number of likely N-dealkylation sites (tertiary alicyclic amines) is 1. The Morgan fingerprint density at radius 1 is 1.30 bits per heavy atom. The van der Waals surface area contributed by atoms with Crippen molar-refractivity contribution in [3.63, 3.8) is 0 Å². The maximum atomic E-state index is 12.1. The molecule has 2 heterocycles. The summed E-state index contributed by atoms with van der Waals surface area (Å²) in [7, 11) is 0. The lowest BCUT2D eigenvalue weighted by Crippen LogP contribution is -2.46. The molecule has 1 aromatic carbocycles. The van der Waals surface area contributed by atoms with Crippen LogP contribution in [0.25, 0.3) is 0 Å². The van der Waals surface area contributed by atoms with Crippen molar-refractivity contribution in [3.8, 4) is 0 Å². The van der Waals surface area contributed by atoms with Crippen LogP contribution in [-0.2, 0) is 11.3 Å². The molecule has 2 fully saturated rings. The maximum absolute atomic E-state index is 12.1. The van der Waals surface area contributed by atoms with Crippen LogP contribution >= 0.6 is 24.8 Å². The molecule has 5 nitrogen and oxygen atoms in total. The predicted molar refractivity (Wildman–Crippen MR) is 95.2 cm³/mol. The summed E-state index contributed by atoms with van der Waals surface area (Å²) in [5.41, 5.74) is 1.31.